The zero-order valence-corrected chi connectivity index (χ0v) is 11.1. The van der Waals surface area contributed by atoms with E-state index in [1.165, 1.54) is 5.69 Å². The summed E-state index contributed by atoms with van der Waals surface area (Å²) in [5.74, 6) is 0.108. The molecule has 18 heavy (non-hydrogen) atoms. The lowest BCUT2D eigenvalue weighted by Crippen LogP contribution is -2.06. The molecule has 3 nitrogen and oxygen atoms in total. The van der Waals surface area contributed by atoms with Gasteiger partial charge in [0.05, 0.1) is 11.6 Å². The standard InChI is InChI=1S/C14H17ClN2O/c1-2-7-17-8-3-4-12(17)10-16-11-5-6-14(18)13(15)9-11/h3-6,8-9,16,18H,2,7,10H2,1H3. The topological polar surface area (TPSA) is 37.2 Å². The minimum absolute atomic E-state index is 0.108. The number of phenols is 1. The van der Waals surface area contributed by atoms with E-state index in [1.807, 2.05) is 6.07 Å². The first-order valence-electron chi connectivity index (χ1n) is 6.07. The van der Waals surface area contributed by atoms with Gasteiger partial charge in [0.15, 0.2) is 0 Å². The molecule has 0 amide bonds. The largest absolute Gasteiger partial charge is 0.506 e. The van der Waals surface area contributed by atoms with Crippen LogP contribution in [0.4, 0.5) is 5.69 Å². The molecule has 1 aromatic heterocycles. The number of nitrogens with zero attached hydrogens (tertiary/aromatic N) is 1. The first-order valence-corrected chi connectivity index (χ1v) is 6.45. The molecule has 0 bridgehead atoms. The van der Waals surface area contributed by atoms with Crippen molar-refractivity contribution >= 4 is 17.3 Å². The van der Waals surface area contributed by atoms with Gasteiger partial charge < -0.3 is 15.0 Å². The van der Waals surface area contributed by atoms with Gasteiger partial charge in [0.1, 0.15) is 5.75 Å². The van der Waals surface area contributed by atoms with Gasteiger partial charge in [-0.05, 0) is 36.8 Å². The maximum atomic E-state index is 9.35. The minimum atomic E-state index is 0.108. The maximum Gasteiger partial charge on any atom is 0.134 e. The Balaban J connectivity index is 2.02. The van der Waals surface area contributed by atoms with Crippen LogP contribution >= 0.6 is 11.6 Å². The maximum absolute atomic E-state index is 9.35. The lowest BCUT2D eigenvalue weighted by Gasteiger charge is -2.10. The number of hydrogen-bond acceptors (Lipinski definition) is 2. The molecule has 0 aliphatic heterocycles. The molecular weight excluding hydrogens is 248 g/mol. The van der Waals surface area contributed by atoms with Gasteiger partial charge in [0.25, 0.3) is 0 Å². The summed E-state index contributed by atoms with van der Waals surface area (Å²) in [4.78, 5) is 0. The summed E-state index contributed by atoms with van der Waals surface area (Å²) >= 11 is 5.86. The summed E-state index contributed by atoms with van der Waals surface area (Å²) in [6, 6.07) is 9.29. The second kappa shape index (κ2) is 5.83. The molecule has 96 valence electrons. The number of aromatic hydroxyl groups is 1. The van der Waals surface area contributed by atoms with E-state index in [4.69, 9.17) is 11.6 Å². The van der Waals surface area contributed by atoms with Crippen LogP contribution in [0, 0.1) is 0 Å². The van der Waals surface area contributed by atoms with E-state index in [-0.39, 0.29) is 5.75 Å². The third-order valence-electron chi connectivity index (χ3n) is 2.81. The van der Waals surface area contributed by atoms with Crippen LogP contribution in [0.2, 0.25) is 5.02 Å². The number of phenolic OH excluding ortho intramolecular Hbond substituents is 1. The number of aryl methyl sites for hydroxylation is 1. The van der Waals surface area contributed by atoms with Crippen LogP contribution in [-0.4, -0.2) is 9.67 Å². The first kappa shape index (κ1) is 12.8. The Morgan fingerprint density at radius 3 is 2.89 bits per heavy atom. The van der Waals surface area contributed by atoms with Gasteiger partial charge in [-0.3, -0.25) is 0 Å². The van der Waals surface area contributed by atoms with Crippen molar-refractivity contribution in [1.29, 1.82) is 0 Å². The van der Waals surface area contributed by atoms with Crippen molar-refractivity contribution in [3.8, 4) is 5.75 Å². The predicted octanol–water partition coefficient (Wildman–Crippen LogP) is 3.87. The number of nitrogens with one attached hydrogen (secondary N) is 1. The van der Waals surface area contributed by atoms with Gasteiger partial charge in [0.2, 0.25) is 0 Å². The van der Waals surface area contributed by atoms with Crippen LogP contribution < -0.4 is 5.32 Å². The van der Waals surface area contributed by atoms with Crippen LogP contribution in [0.3, 0.4) is 0 Å². The minimum Gasteiger partial charge on any atom is -0.506 e. The van der Waals surface area contributed by atoms with E-state index in [0.29, 0.717) is 5.02 Å². The van der Waals surface area contributed by atoms with Gasteiger partial charge in [-0.1, -0.05) is 18.5 Å². The number of rotatable bonds is 5. The highest BCUT2D eigenvalue weighted by atomic mass is 35.5. The second-order valence-electron chi connectivity index (χ2n) is 4.21. The molecule has 0 fully saturated rings. The fourth-order valence-corrected chi connectivity index (χ4v) is 2.06. The average Bonchev–Trinajstić information content (AvgIpc) is 2.79. The SMILES string of the molecule is CCCn1cccc1CNc1ccc(O)c(Cl)c1. The quantitative estimate of drug-likeness (QED) is 0.805. The van der Waals surface area contributed by atoms with Crippen molar-refractivity contribution in [3.63, 3.8) is 0 Å². The molecule has 0 atom stereocenters. The second-order valence-corrected chi connectivity index (χ2v) is 4.62. The lowest BCUT2D eigenvalue weighted by molar-refractivity contribution is 0.475. The van der Waals surface area contributed by atoms with Crippen molar-refractivity contribution in [1.82, 2.24) is 4.57 Å². The third-order valence-corrected chi connectivity index (χ3v) is 3.11. The normalized spacial score (nSPS) is 10.6. The Kier molecular flexibility index (Phi) is 4.15. The van der Waals surface area contributed by atoms with Crippen LogP contribution in [0.15, 0.2) is 36.5 Å². The number of anilines is 1. The molecule has 0 aliphatic carbocycles. The highest BCUT2D eigenvalue weighted by molar-refractivity contribution is 6.32. The summed E-state index contributed by atoms with van der Waals surface area (Å²) in [6.45, 7) is 3.94. The smallest absolute Gasteiger partial charge is 0.134 e. The molecule has 1 heterocycles. The Morgan fingerprint density at radius 2 is 2.17 bits per heavy atom. The van der Waals surface area contributed by atoms with Crippen LogP contribution in [0.1, 0.15) is 19.0 Å². The highest BCUT2D eigenvalue weighted by Crippen LogP contribution is 2.26. The summed E-state index contributed by atoms with van der Waals surface area (Å²) in [7, 11) is 0. The average molecular weight is 265 g/mol. The van der Waals surface area contributed by atoms with Gasteiger partial charge in [-0.25, -0.2) is 0 Å². The zero-order chi connectivity index (χ0) is 13.0. The highest BCUT2D eigenvalue weighted by Gasteiger charge is 2.02. The lowest BCUT2D eigenvalue weighted by atomic mass is 10.3. The summed E-state index contributed by atoms with van der Waals surface area (Å²) in [5.41, 5.74) is 2.14. The number of aromatic nitrogens is 1. The molecule has 0 spiro atoms. The predicted molar refractivity (Wildman–Crippen MR) is 75.2 cm³/mol. The van der Waals surface area contributed by atoms with Crippen LogP contribution in [0.5, 0.6) is 5.75 Å². The Morgan fingerprint density at radius 1 is 1.33 bits per heavy atom. The molecule has 4 heteroatoms. The van der Waals surface area contributed by atoms with E-state index in [1.54, 1.807) is 12.1 Å². The number of hydrogen-bond donors (Lipinski definition) is 2. The van der Waals surface area contributed by atoms with Crippen molar-refractivity contribution in [2.45, 2.75) is 26.4 Å². The van der Waals surface area contributed by atoms with Crippen molar-refractivity contribution in [2.24, 2.45) is 0 Å². The van der Waals surface area contributed by atoms with Gasteiger partial charge in [0, 0.05) is 24.1 Å². The van der Waals surface area contributed by atoms with E-state index in [2.05, 4.69) is 35.1 Å². The molecule has 2 aromatic rings. The molecule has 0 radical (unpaired) electrons. The van der Waals surface area contributed by atoms with Gasteiger partial charge >= 0.3 is 0 Å². The van der Waals surface area contributed by atoms with Gasteiger partial charge in [-0.15, -0.1) is 0 Å². The third kappa shape index (κ3) is 2.99. The number of benzene rings is 1. The Hall–Kier alpha value is -1.61. The Bertz CT molecular complexity index is 522. The molecule has 2 rings (SSSR count). The molecule has 1 aromatic carbocycles. The molecular formula is C14H17ClN2O. The van der Waals surface area contributed by atoms with E-state index < -0.39 is 0 Å². The summed E-state index contributed by atoms with van der Waals surface area (Å²) < 4.78 is 2.23. The molecule has 0 unspecified atom stereocenters. The summed E-state index contributed by atoms with van der Waals surface area (Å²) in [6.07, 6.45) is 3.21. The molecule has 2 N–H and O–H groups in total. The fraction of sp³-hybridized carbons (Fsp3) is 0.286. The first-order chi connectivity index (χ1) is 8.70. The van der Waals surface area contributed by atoms with E-state index in [0.717, 1.165) is 25.2 Å². The Labute approximate surface area is 112 Å². The van der Waals surface area contributed by atoms with E-state index >= 15 is 0 Å². The zero-order valence-electron chi connectivity index (χ0n) is 10.4. The van der Waals surface area contributed by atoms with Crippen molar-refractivity contribution in [2.75, 3.05) is 5.32 Å². The monoisotopic (exact) mass is 264 g/mol. The van der Waals surface area contributed by atoms with E-state index in [9.17, 15) is 5.11 Å². The molecule has 0 aliphatic rings. The van der Waals surface area contributed by atoms with Crippen molar-refractivity contribution in [3.05, 3.63) is 47.2 Å². The number of halogens is 1. The fourth-order valence-electron chi connectivity index (χ4n) is 1.88. The molecule has 0 saturated carbocycles. The van der Waals surface area contributed by atoms with Gasteiger partial charge in [-0.2, -0.15) is 0 Å². The summed E-state index contributed by atoms with van der Waals surface area (Å²) in [5, 5.41) is 13.0. The van der Waals surface area contributed by atoms with Crippen LogP contribution in [0.25, 0.3) is 0 Å². The van der Waals surface area contributed by atoms with Crippen molar-refractivity contribution < 1.29 is 5.11 Å². The molecule has 0 saturated heterocycles. The van der Waals surface area contributed by atoms with Crippen LogP contribution in [-0.2, 0) is 13.1 Å².